The zero-order valence-corrected chi connectivity index (χ0v) is 30.0. The Morgan fingerprint density at radius 1 is 0.774 bits per heavy atom. The summed E-state index contributed by atoms with van der Waals surface area (Å²) >= 11 is 3.58. The predicted molar refractivity (Wildman–Crippen MR) is 127 cm³/mol. The number of hydrogen-bond acceptors (Lipinski definition) is 2. The van der Waals surface area contributed by atoms with E-state index in [1.54, 1.807) is 0 Å². The van der Waals surface area contributed by atoms with Gasteiger partial charge in [-0.1, -0.05) is 65.2 Å². The molecule has 0 amide bonds. The molecular formula is C24H33Ac2BrN4-2. The normalized spacial score (nSPS) is 15.5. The second-order valence-electron chi connectivity index (χ2n) is 8.05. The van der Waals surface area contributed by atoms with Crippen molar-refractivity contribution < 1.29 is 88.1 Å². The predicted octanol–water partition coefficient (Wildman–Crippen LogP) is 7.04. The van der Waals surface area contributed by atoms with E-state index in [2.05, 4.69) is 45.6 Å². The van der Waals surface area contributed by atoms with Crippen LogP contribution < -0.4 is 0 Å². The number of benzene rings is 2. The molecule has 0 aromatic heterocycles. The van der Waals surface area contributed by atoms with Gasteiger partial charge in [-0.2, -0.15) is 0 Å². The van der Waals surface area contributed by atoms with Gasteiger partial charge in [-0.05, 0) is 56.0 Å². The fourth-order valence-corrected chi connectivity index (χ4v) is 4.87. The Labute approximate surface area is 268 Å². The summed E-state index contributed by atoms with van der Waals surface area (Å²) in [4.78, 5) is 4.94. The summed E-state index contributed by atoms with van der Waals surface area (Å²) in [7, 11) is 0. The molecule has 2 aromatic carbocycles. The second-order valence-corrected chi connectivity index (χ2v) is 8.90. The van der Waals surface area contributed by atoms with Crippen molar-refractivity contribution >= 4 is 27.3 Å². The van der Waals surface area contributed by atoms with Crippen LogP contribution in [0.15, 0.2) is 34.8 Å². The first-order chi connectivity index (χ1) is 14.0. The van der Waals surface area contributed by atoms with Crippen LogP contribution in [0.5, 0.6) is 0 Å². The molecule has 7 heteroatoms. The zero-order chi connectivity index (χ0) is 20.8. The van der Waals surface area contributed by atoms with Crippen LogP contribution in [0.1, 0.15) is 48.9 Å². The van der Waals surface area contributed by atoms with Gasteiger partial charge in [0.05, 0.1) is 0 Å². The first-order valence-corrected chi connectivity index (χ1v) is 11.6. The van der Waals surface area contributed by atoms with E-state index in [-0.39, 0.29) is 88.1 Å². The first-order valence-electron chi connectivity index (χ1n) is 10.8. The molecular weight excluding hydrogens is 878 g/mol. The van der Waals surface area contributed by atoms with Crippen molar-refractivity contribution in [2.75, 3.05) is 26.2 Å². The standard InChI is InChI=1S/C12H16BrN2.C12H17N2.2Ac/c1-2-6-15-7-5-9-10(8-15)11(13)3-4-12(9)14;1-2-7-14-8-6-11-10(9-14)4-3-5-12(11)13;;/h3-4,14H,2,5-8H2,1H3;3-5,13H,2,6-9H2,1H3;;/q2*-1;;. The zero-order valence-electron chi connectivity index (χ0n) is 18.9. The fraction of sp³-hybridized carbons (Fsp3) is 0.500. The van der Waals surface area contributed by atoms with Gasteiger partial charge in [-0.15, -0.1) is 11.4 Å². The Hall–Kier alpha value is 1.32. The molecule has 0 fully saturated rings. The maximum absolute atomic E-state index is 7.87. The minimum Gasteiger partial charge on any atom is -0.698 e. The minimum absolute atomic E-state index is 0. The summed E-state index contributed by atoms with van der Waals surface area (Å²) in [5, 5.41) is 0. The minimum atomic E-state index is 0. The van der Waals surface area contributed by atoms with Gasteiger partial charge in [0, 0.05) is 119 Å². The van der Waals surface area contributed by atoms with E-state index >= 15 is 0 Å². The van der Waals surface area contributed by atoms with E-state index < -0.39 is 0 Å². The third-order valence-corrected chi connectivity index (χ3v) is 6.60. The number of halogens is 1. The summed E-state index contributed by atoms with van der Waals surface area (Å²) in [5.41, 5.74) is 22.3. The van der Waals surface area contributed by atoms with Crippen LogP contribution in [0.2, 0.25) is 0 Å². The van der Waals surface area contributed by atoms with E-state index in [1.165, 1.54) is 41.6 Å². The van der Waals surface area contributed by atoms with Crippen LogP contribution in [0.25, 0.3) is 11.5 Å². The molecule has 0 aliphatic carbocycles. The molecule has 2 aliphatic rings. The largest absolute Gasteiger partial charge is 0.698 e. The Bertz CT molecular complexity index is 831. The smallest absolute Gasteiger partial charge is 0.0247 e. The van der Waals surface area contributed by atoms with Crippen molar-refractivity contribution in [2.24, 2.45) is 0 Å². The van der Waals surface area contributed by atoms with Gasteiger partial charge < -0.3 is 11.5 Å². The Kier molecular flexibility index (Phi) is 15.0. The number of nitrogens with zero attached hydrogens (tertiary/aromatic N) is 2. The average molecular weight is 911 g/mol. The average Bonchev–Trinajstić information content (AvgIpc) is 2.72. The van der Waals surface area contributed by atoms with Gasteiger partial charge in [0.2, 0.25) is 0 Å². The molecule has 0 bridgehead atoms. The van der Waals surface area contributed by atoms with E-state index in [1.807, 2.05) is 24.3 Å². The summed E-state index contributed by atoms with van der Waals surface area (Å²) < 4.78 is 1.16. The van der Waals surface area contributed by atoms with Crippen LogP contribution in [0.3, 0.4) is 0 Å². The topological polar surface area (TPSA) is 54.1 Å². The number of rotatable bonds is 4. The fourth-order valence-electron chi connectivity index (χ4n) is 4.38. The number of fused-ring (bicyclic) bond motifs is 2. The molecule has 2 aliphatic heterocycles. The van der Waals surface area contributed by atoms with Crippen molar-refractivity contribution in [1.82, 2.24) is 9.80 Å². The summed E-state index contributed by atoms with van der Waals surface area (Å²) in [6.45, 7) is 11.0. The summed E-state index contributed by atoms with van der Waals surface area (Å²) in [6, 6.07) is 9.94. The van der Waals surface area contributed by atoms with Gasteiger partial charge in [0.1, 0.15) is 0 Å². The molecule has 0 saturated carbocycles. The van der Waals surface area contributed by atoms with Gasteiger partial charge in [-0.25, -0.2) is 0 Å². The molecule has 2 aromatic rings. The number of hydrogen-bond donors (Lipinski definition) is 0. The third kappa shape index (κ3) is 8.49. The Morgan fingerprint density at radius 2 is 1.35 bits per heavy atom. The molecule has 4 nitrogen and oxygen atoms in total. The quantitative estimate of drug-likeness (QED) is 0.331. The Balaban J connectivity index is 0.000000292. The maximum Gasteiger partial charge on any atom is 0.0247 e. The summed E-state index contributed by atoms with van der Waals surface area (Å²) in [6.07, 6.45) is 4.49. The van der Waals surface area contributed by atoms with Crippen molar-refractivity contribution in [3.8, 4) is 0 Å². The molecule has 0 atom stereocenters. The second kappa shape index (κ2) is 15.3. The molecule has 0 spiro atoms. The van der Waals surface area contributed by atoms with E-state index in [0.29, 0.717) is 5.69 Å². The molecule has 164 valence electrons. The van der Waals surface area contributed by atoms with Crippen LogP contribution in [0, 0.1) is 88.1 Å². The van der Waals surface area contributed by atoms with E-state index in [0.717, 1.165) is 55.7 Å². The first kappa shape index (κ1) is 30.4. The molecule has 0 unspecified atom stereocenters. The van der Waals surface area contributed by atoms with Crippen LogP contribution >= 0.6 is 15.9 Å². The maximum atomic E-state index is 7.87. The third-order valence-electron chi connectivity index (χ3n) is 5.86. The molecule has 2 radical (unpaired) electrons. The molecule has 2 heterocycles. The van der Waals surface area contributed by atoms with Crippen molar-refractivity contribution in [1.29, 1.82) is 0 Å². The SMILES string of the molecule is CCCN1CCc2c([NH-])ccc(Br)c2C1.CCCN1CCc2c([NH-])cccc2C1.[Ac].[Ac]. The van der Waals surface area contributed by atoms with Crippen LogP contribution in [0.4, 0.5) is 11.4 Å². The molecule has 0 saturated heterocycles. The van der Waals surface area contributed by atoms with E-state index in [4.69, 9.17) is 11.5 Å². The van der Waals surface area contributed by atoms with E-state index in [9.17, 15) is 0 Å². The van der Waals surface area contributed by atoms with Crippen molar-refractivity contribution in [2.45, 2.75) is 52.6 Å². The monoisotopic (exact) mass is 910 g/mol. The van der Waals surface area contributed by atoms with Gasteiger partial charge in [0.15, 0.2) is 0 Å². The van der Waals surface area contributed by atoms with Crippen LogP contribution in [-0.2, 0) is 25.9 Å². The molecule has 2 N–H and O–H groups in total. The molecule has 4 rings (SSSR count). The van der Waals surface area contributed by atoms with Crippen LogP contribution in [-0.4, -0.2) is 36.0 Å². The van der Waals surface area contributed by atoms with Crippen molar-refractivity contribution in [3.05, 3.63) is 68.5 Å². The molecule has 31 heavy (non-hydrogen) atoms. The summed E-state index contributed by atoms with van der Waals surface area (Å²) in [5.74, 6) is 0. The van der Waals surface area contributed by atoms with Crippen molar-refractivity contribution in [3.63, 3.8) is 0 Å². The van der Waals surface area contributed by atoms with Gasteiger partial charge in [-0.3, -0.25) is 9.80 Å². The Morgan fingerprint density at radius 3 is 2.00 bits per heavy atom. The van der Waals surface area contributed by atoms with Gasteiger partial charge in [0.25, 0.3) is 0 Å². The van der Waals surface area contributed by atoms with Gasteiger partial charge >= 0.3 is 0 Å². The number of nitrogens with one attached hydrogen (secondary N) is 2.